The van der Waals surface area contributed by atoms with Crippen LogP contribution in [0, 0.1) is 12.8 Å². The number of aryl methyl sites for hydroxylation is 1. The lowest BCUT2D eigenvalue weighted by Crippen LogP contribution is -2.19. The van der Waals surface area contributed by atoms with Crippen LogP contribution in [0.15, 0.2) is 23.1 Å². The lowest BCUT2D eigenvalue weighted by molar-refractivity contribution is -0.118. The molecule has 0 aromatic heterocycles. The molecule has 0 saturated carbocycles. The Morgan fingerprint density at radius 2 is 1.94 bits per heavy atom. The third-order valence-corrected chi connectivity index (χ3v) is 3.34. The predicted octanol–water partition coefficient (Wildman–Crippen LogP) is 1.24. The Morgan fingerprint density at radius 3 is 2.41 bits per heavy atom. The monoisotopic (exact) mass is 256 g/mol. The fourth-order valence-electron chi connectivity index (χ4n) is 1.27. The molecule has 0 bridgehead atoms. The quantitative estimate of drug-likeness (QED) is 0.852. The van der Waals surface area contributed by atoms with E-state index in [-0.39, 0.29) is 16.7 Å². The van der Waals surface area contributed by atoms with Crippen LogP contribution in [0.2, 0.25) is 0 Å². The molecule has 0 atom stereocenters. The molecule has 1 rings (SSSR count). The summed E-state index contributed by atoms with van der Waals surface area (Å²) >= 11 is 0. The number of sulfonamides is 1. The van der Waals surface area contributed by atoms with Crippen molar-refractivity contribution in [3.05, 3.63) is 23.8 Å². The van der Waals surface area contributed by atoms with Gasteiger partial charge >= 0.3 is 0 Å². The zero-order valence-corrected chi connectivity index (χ0v) is 10.8. The van der Waals surface area contributed by atoms with Gasteiger partial charge in [0.1, 0.15) is 0 Å². The van der Waals surface area contributed by atoms with E-state index in [1.54, 1.807) is 32.9 Å². The second-order valence-corrected chi connectivity index (χ2v) is 5.70. The van der Waals surface area contributed by atoms with Crippen LogP contribution < -0.4 is 10.5 Å². The Labute approximate surface area is 101 Å². The molecular weight excluding hydrogens is 240 g/mol. The molecule has 0 spiro atoms. The van der Waals surface area contributed by atoms with E-state index >= 15 is 0 Å². The first kappa shape index (κ1) is 13.7. The Morgan fingerprint density at radius 1 is 1.35 bits per heavy atom. The molecule has 0 aliphatic carbocycles. The van der Waals surface area contributed by atoms with E-state index in [0.29, 0.717) is 11.3 Å². The summed E-state index contributed by atoms with van der Waals surface area (Å²) in [4.78, 5) is 11.5. The highest BCUT2D eigenvalue weighted by Crippen LogP contribution is 2.19. The van der Waals surface area contributed by atoms with Gasteiger partial charge in [-0.25, -0.2) is 13.6 Å². The Balaban J connectivity index is 3.10. The van der Waals surface area contributed by atoms with Crippen LogP contribution in [0.5, 0.6) is 0 Å². The fraction of sp³-hybridized carbons (Fsp3) is 0.364. The summed E-state index contributed by atoms with van der Waals surface area (Å²) in [6.45, 7) is 5.15. The molecule has 0 aliphatic heterocycles. The largest absolute Gasteiger partial charge is 0.326 e. The number of rotatable bonds is 3. The normalized spacial score (nSPS) is 11.6. The van der Waals surface area contributed by atoms with E-state index < -0.39 is 10.0 Å². The Bertz CT molecular complexity index is 536. The average Bonchev–Trinajstić information content (AvgIpc) is 2.19. The third kappa shape index (κ3) is 3.54. The summed E-state index contributed by atoms with van der Waals surface area (Å²) in [6.07, 6.45) is 0. The first-order valence-corrected chi connectivity index (χ1v) is 6.71. The van der Waals surface area contributed by atoms with E-state index in [9.17, 15) is 13.2 Å². The highest BCUT2D eigenvalue weighted by molar-refractivity contribution is 7.89. The van der Waals surface area contributed by atoms with Crippen LogP contribution in [0.3, 0.4) is 0 Å². The lowest BCUT2D eigenvalue weighted by Gasteiger charge is -2.10. The van der Waals surface area contributed by atoms with Crippen molar-refractivity contribution in [1.82, 2.24) is 0 Å². The van der Waals surface area contributed by atoms with E-state index in [1.807, 2.05) is 0 Å². The molecule has 1 aromatic carbocycles. The van der Waals surface area contributed by atoms with E-state index in [1.165, 1.54) is 6.07 Å². The number of carbonyl (C=O) groups is 1. The number of amides is 1. The molecule has 0 aliphatic rings. The molecule has 1 amide bonds. The van der Waals surface area contributed by atoms with Gasteiger partial charge in [0.05, 0.1) is 4.90 Å². The molecule has 0 radical (unpaired) electrons. The predicted molar refractivity (Wildman–Crippen MR) is 66.0 cm³/mol. The molecule has 0 fully saturated rings. The number of hydrogen-bond donors (Lipinski definition) is 2. The highest BCUT2D eigenvalue weighted by atomic mass is 32.2. The number of anilines is 1. The molecule has 0 unspecified atom stereocenters. The molecule has 17 heavy (non-hydrogen) atoms. The van der Waals surface area contributed by atoms with Crippen LogP contribution in [-0.2, 0) is 14.8 Å². The smallest absolute Gasteiger partial charge is 0.238 e. The zero-order chi connectivity index (χ0) is 13.2. The fourth-order valence-corrected chi connectivity index (χ4v) is 2.08. The van der Waals surface area contributed by atoms with Gasteiger partial charge in [0.15, 0.2) is 0 Å². The zero-order valence-electron chi connectivity index (χ0n) is 10.0. The van der Waals surface area contributed by atoms with Crippen molar-refractivity contribution in [1.29, 1.82) is 0 Å². The molecule has 0 heterocycles. The second-order valence-electron chi connectivity index (χ2n) is 4.17. The molecule has 6 heteroatoms. The molecule has 3 N–H and O–H groups in total. The van der Waals surface area contributed by atoms with Gasteiger partial charge in [0.25, 0.3) is 0 Å². The first-order valence-electron chi connectivity index (χ1n) is 5.16. The standard InChI is InChI=1S/C11H16N2O3S/c1-7(2)11(14)13-9-5-4-8(3)10(6-9)17(12,15)16/h4-7H,1-3H3,(H,13,14)(H2,12,15,16). The topological polar surface area (TPSA) is 89.3 Å². The van der Waals surface area contributed by atoms with Crippen molar-refractivity contribution >= 4 is 21.6 Å². The van der Waals surface area contributed by atoms with Crippen molar-refractivity contribution in [3.63, 3.8) is 0 Å². The van der Waals surface area contributed by atoms with Gasteiger partial charge in [0.2, 0.25) is 15.9 Å². The van der Waals surface area contributed by atoms with Crippen molar-refractivity contribution in [2.24, 2.45) is 11.1 Å². The van der Waals surface area contributed by atoms with Crippen molar-refractivity contribution in [3.8, 4) is 0 Å². The maximum absolute atomic E-state index is 11.5. The Kier molecular flexibility index (Phi) is 3.90. The number of primary sulfonamides is 1. The minimum Gasteiger partial charge on any atom is -0.326 e. The van der Waals surface area contributed by atoms with Gasteiger partial charge < -0.3 is 5.32 Å². The van der Waals surface area contributed by atoms with Crippen molar-refractivity contribution < 1.29 is 13.2 Å². The number of nitrogens with one attached hydrogen (secondary N) is 1. The van der Waals surface area contributed by atoms with Crippen LogP contribution in [-0.4, -0.2) is 14.3 Å². The van der Waals surface area contributed by atoms with Gasteiger partial charge in [0, 0.05) is 11.6 Å². The van der Waals surface area contributed by atoms with E-state index in [0.717, 1.165) is 0 Å². The van der Waals surface area contributed by atoms with Crippen LogP contribution in [0.1, 0.15) is 19.4 Å². The molecule has 5 nitrogen and oxygen atoms in total. The maximum atomic E-state index is 11.5. The SMILES string of the molecule is Cc1ccc(NC(=O)C(C)C)cc1S(N)(=O)=O. The van der Waals surface area contributed by atoms with Gasteiger partial charge in [-0.2, -0.15) is 0 Å². The minimum absolute atomic E-state index is 0.0269. The summed E-state index contributed by atoms with van der Waals surface area (Å²) in [5.74, 6) is -0.344. The van der Waals surface area contributed by atoms with Crippen LogP contribution in [0.25, 0.3) is 0 Å². The highest BCUT2D eigenvalue weighted by Gasteiger charge is 2.13. The molecule has 0 saturated heterocycles. The average molecular weight is 256 g/mol. The summed E-state index contributed by atoms with van der Waals surface area (Å²) in [7, 11) is -3.76. The summed E-state index contributed by atoms with van der Waals surface area (Å²) in [6, 6.07) is 4.62. The second kappa shape index (κ2) is 4.85. The van der Waals surface area contributed by atoms with Crippen molar-refractivity contribution in [2.75, 3.05) is 5.32 Å². The van der Waals surface area contributed by atoms with E-state index in [2.05, 4.69) is 5.32 Å². The summed E-state index contributed by atoms with van der Waals surface area (Å²) < 4.78 is 22.6. The van der Waals surface area contributed by atoms with Crippen LogP contribution in [0.4, 0.5) is 5.69 Å². The van der Waals surface area contributed by atoms with E-state index in [4.69, 9.17) is 5.14 Å². The van der Waals surface area contributed by atoms with Gasteiger partial charge in [-0.15, -0.1) is 0 Å². The molecule has 94 valence electrons. The number of benzene rings is 1. The third-order valence-electron chi connectivity index (χ3n) is 2.29. The molecular formula is C11H16N2O3S. The summed E-state index contributed by atoms with van der Waals surface area (Å²) in [5.41, 5.74) is 0.980. The van der Waals surface area contributed by atoms with Crippen molar-refractivity contribution in [2.45, 2.75) is 25.7 Å². The first-order chi connectivity index (χ1) is 7.71. The number of hydrogen-bond acceptors (Lipinski definition) is 3. The number of carbonyl (C=O) groups excluding carboxylic acids is 1. The Hall–Kier alpha value is -1.40. The van der Waals surface area contributed by atoms with Gasteiger partial charge in [-0.05, 0) is 24.6 Å². The van der Waals surface area contributed by atoms with Gasteiger partial charge in [-0.3, -0.25) is 4.79 Å². The minimum atomic E-state index is -3.76. The van der Waals surface area contributed by atoms with Crippen LogP contribution >= 0.6 is 0 Å². The summed E-state index contributed by atoms with van der Waals surface area (Å²) in [5, 5.41) is 7.70. The number of nitrogens with two attached hydrogens (primary N) is 1. The van der Waals surface area contributed by atoms with Gasteiger partial charge in [-0.1, -0.05) is 19.9 Å². The lowest BCUT2D eigenvalue weighted by atomic mass is 10.2. The molecule has 1 aromatic rings. The maximum Gasteiger partial charge on any atom is 0.238 e.